The minimum atomic E-state index is -1.14. The molecular formula is C26H27NO8. The van der Waals surface area contributed by atoms with Gasteiger partial charge in [0.1, 0.15) is 5.75 Å². The Kier molecular flexibility index (Phi) is 8.35. The van der Waals surface area contributed by atoms with Crippen molar-refractivity contribution in [3.05, 3.63) is 54.6 Å². The van der Waals surface area contributed by atoms with Crippen molar-refractivity contribution < 1.29 is 38.2 Å². The summed E-state index contributed by atoms with van der Waals surface area (Å²) < 4.78 is 15.6. The minimum absolute atomic E-state index is 0.230. The third-order valence-electron chi connectivity index (χ3n) is 5.70. The molecule has 0 spiro atoms. The SMILES string of the molecule is C=CC(=O)OCCCCCC(=O)Oc1ccc2cc(C(=O)O[C@H]3C(=O)N(C)C(=O)[C@@H]3C)ccc2c1. The lowest BCUT2D eigenvalue weighted by molar-refractivity contribution is -0.140. The molecule has 2 aromatic rings. The van der Waals surface area contributed by atoms with Crippen LogP contribution >= 0.6 is 0 Å². The topological polar surface area (TPSA) is 116 Å². The maximum absolute atomic E-state index is 12.6. The first-order valence-electron chi connectivity index (χ1n) is 11.3. The first-order chi connectivity index (χ1) is 16.7. The lowest BCUT2D eigenvalue weighted by Crippen LogP contribution is -2.31. The van der Waals surface area contributed by atoms with E-state index in [1.807, 2.05) is 0 Å². The number of hydrogen-bond donors (Lipinski definition) is 0. The van der Waals surface area contributed by atoms with Gasteiger partial charge >= 0.3 is 17.9 Å². The van der Waals surface area contributed by atoms with Crippen LogP contribution in [0.2, 0.25) is 0 Å². The number of hydrogen-bond acceptors (Lipinski definition) is 8. The van der Waals surface area contributed by atoms with Crippen LogP contribution in [0.4, 0.5) is 0 Å². The summed E-state index contributed by atoms with van der Waals surface area (Å²) in [4.78, 5) is 60.7. The molecule has 2 atom stereocenters. The molecule has 3 rings (SSSR count). The van der Waals surface area contributed by atoms with Gasteiger partial charge in [0.05, 0.1) is 18.1 Å². The Labute approximate surface area is 202 Å². The molecule has 184 valence electrons. The molecule has 0 saturated carbocycles. The number of ether oxygens (including phenoxy) is 3. The molecule has 0 aromatic heterocycles. The van der Waals surface area contributed by atoms with Crippen LogP contribution in [0, 0.1) is 5.92 Å². The smallest absolute Gasteiger partial charge is 0.338 e. The predicted molar refractivity (Wildman–Crippen MR) is 125 cm³/mol. The minimum Gasteiger partial charge on any atom is -0.463 e. The zero-order valence-corrected chi connectivity index (χ0v) is 19.7. The van der Waals surface area contributed by atoms with Crippen LogP contribution in [-0.4, -0.2) is 54.4 Å². The van der Waals surface area contributed by atoms with Crippen molar-refractivity contribution in [1.29, 1.82) is 0 Å². The van der Waals surface area contributed by atoms with Gasteiger partial charge in [-0.2, -0.15) is 0 Å². The first-order valence-corrected chi connectivity index (χ1v) is 11.3. The Morgan fingerprint density at radius 1 is 1.00 bits per heavy atom. The van der Waals surface area contributed by atoms with E-state index in [0.29, 0.717) is 30.4 Å². The van der Waals surface area contributed by atoms with Crippen molar-refractivity contribution in [3.63, 3.8) is 0 Å². The average molecular weight is 482 g/mol. The number of likely N-dealkylation sites (tertiary alicyclic amines) is 1. The third kappa shape index (κ3) is 6.32. The van der Waals surface area contributed by atoms with E-state index in [9.17, 15) is 24.0 Å². The van der Waals surface area contributed by atoms with Gasteiger partial charge in [0, 0.05) is 19.5 Å². The molecule has 2 aromatic carbocycles. The van der Waals surface area contributed by atoms with E-state index >= 15 is 0 Å². The Bertz CT molecular complexity index is 1170. The molecule has 0 N–H and O–H groups in total. The van der Waals surface area contributed by atoms with Gasteiger partial charge in [-0.05, 0) is 61.2 Å². The van der Waals surface area contributed by atoms with Crippen LogP contribution in [0.15, 0.2) is 49.1 Å². The largest absolute Gasteiger partial charge is 0.463 e. The summed E-state index contributed by atoms with van der Waals surface area (Å²) in [6, 6.07) is 9.87. The second-order valence-corrected chi connectivity index (χ2v) is 8.23. The quantitative estimate of drug-likeness (QED) is 0.167. The van der Waals surface area contributed by atoms with Gasteiger partial charge in [-0.15, -0.1) is 0 Å². The maximum atomic E-state index is 12.6. The Morgan fingerprint density at radius 2 is 1.71 bits per heavy atom. The Hall–Kier alpha value is -4.01. The number of unbranched alkanes of at least 4 members (excludes halogenated alkanes) is 2. The normalized spacial score (nSPS) is 17.4. The van der Waals surface area contributed by atoms with E-state index < -0.39 is 29.9 Å². The Morgan fingerprint density at radius 3 is 2.40 bits per heavy atom. The van der Waals surface area contributed by atoms with Gasteiger partial charge in [-0.1, -0.05) is 18.7 Å². The van der Waals surface area contributed by atoms with Crippen molar-refractivity contribution in [3.8, 4) is 5.75 Å². The van der Waals surface area contributed by atoms with Gasteiger partial charge in [-0.25, -0.2) is 9.59 Å². The number of carbonyl (C=O) groups is 5. The summed E-state index contributed by atoms with van der Waals surface area (Å²) in [6.45, 7) is 5.15. The van der Waals surface area contributed by atoms with Gasteiger partial charge in [0.15, 0.2) is 6.10 Å². The lowest BCUT2D eigenvalue weighted by atomic mass is 10.1. The molecule has 0 bridgehead atoms. The van der Waals surface area contributed by atoms with Gasteiger partial charge < -0.3 is 14.2 Å². The van der Waals surface area contributed by atoms with Crippen molar-refractivity contribution in [1.82, 2.24) is 4.90 Å². The Balaban J connectivity index is 1.53. The van der Waals surface area contributed by atoms with Crippen LogP contribution in [0.5, 0.6) is 5.75 Å². The van der Waals surface area contributed by atoms with Crippen LogP contribution in [0.1, 0.15) is 43.0 Å². The second kappa shape index (κ2) is 11.4. The average Bonchev–Trinajstić information content (AvgIpc) is 3.03. The van der Waals surface area contributed by atoms with Crippen LogP contribution in [-0.2, 0) is 28.7 Å². The lowest BCUT2D eigenvalue weighted by Gasteiger charge is -2.13. The van der Waals surface area contributed by atoms with E-state index in [-0.39, 0.29) is 30.5 Å². The monoisotopic (exact) mass is 481 g/mol. The second-order valence-electron chi connectivity index (χ2n) is 8.23. The molecule has 2 amide bonds. The van der Waals surface area contributed by atoms with Crippen molar-refractivity contribution in [2.24, 2.45) is 5.92 Å². The molecular weight excluding hydrogens is 454 g/mol. The number of fused-ring (bicyclic) bond motifs is 1. The number of rotatable bonds is 10. The molecule has 0 radical (unpaired) electrons. The number of likely N-dealkylation sites (N-methyl/N-ethyl adjacent to an activating group) is 1. The molecule has 35 heavy (non-hydrogen) atoms. The fourth-order valence-electron chi connectivity index (χ4n) is 3.66. The summed E-state index contributed by atoms with van der Waals surface area (Å²) in [5.74, 6) is -2.82. The van der Waals surface area contributed by atoms with Gasteiger partial charge in [0.25, 0.3) is 5.91 Å². The zero-order chi connectivity index (χ0) is 25.5. The van der Waals surface area contributed by atoms with Gasteiger partial charge in [0.2, 0.25) is 5.91 Å². The van der Waals surface area contributed by atoms with E-state index in [1.54, 1.807) is 43.3 Å². The maximum Gasteiger partial charge on any atom is 0.338 e. The fourth-order valence-corrected chi connectivity index (χ4v) is 3.66. The van der Waals surface area contributed by atoms with Crippen LogP contribution in [0.3, 0.4) is 0 Å². The summed E-state index contributed by atoms with van der Waals surface area (Å²) in [5, 5.41) is 1.46. The third-order valence-corrected chi connectivity index (χ3v) is 5.70. The molecule has 1 aliphatic rings. The van der Waals surface area contributed by atoms with E-state index in [2.05, 4.69) is 6.58 Å². The van der Waals surface area contributed by atoms with E-state index in [0.717, 1.165) is 16.4 Å². The van der Waals surface area contributed by atoms with Crippen molar-refractivity contribution >= 4 is 40.5 Å². The highest BCUT2D eigenvalue weighted by atomic mass is 16.6. The predicted octanol–water partition coefficient (Wildman–Crippen LogP) is 3.19. The summed E-state index contributed by atoms with van der Waals surface area (Å²) >= 11 is 0. The molecule has 1 saturated heterocycles. The van der Waals surface area contributed by atoms with Crippen molar-refractivity contribution in [2.75, 3.05) is 13.7 Å². The summed E-state index contributed by atoms with van der Waals surface area (Å²) in [6.07, 6.45) is 2.16. The highest BCUT2D eigenvalue weighted by molar-refractivity contribution is 6.07. The fraction of sp³-hybridized carbons (Fsp3) is 0.346. The first kappa shape index (κ1) is 25.6. The number of esters is 3. The molecule has 0 aliphatic carbocycles. The van der Waals surface area contributed by atoms with Crippen molar-refractivity contribution in [2.45, 2.75) is 38.7 Å². The summed E-state index contributed by atoms with van der Waals surface area (Å²) in [5.41, 5.74) is 0.239. The highest BCUT2D eigenvalue weighted by Gasteiger charge is 2.45. The van der Waals surface area contributed by atoms with Crippen LogP contribution in [0.25, 0.3) is 10.8 Å². The highest BCUT2D eigenvalue weighted by Crippen LogP contribution is 2.25. The molecule has 1 aliphatic heterocycles. The number of benzene rings is 2. The standard InChI is InChI=1S/C26H27NO8/c1-4-21(28)33-13-7-5-6-8-22(29)34-20-12-11-17-14-19(10-9-18(17)15-20)26(32)35-23-16(2)24(30)27(3)25(23)31/h4,9-12,14-16,23H,1,5-8,13H2,2-3H3/t16-,23-/m1/s1. The summed E-state index contributed by atoms with van der Waals surface area (Å²) in [7, 11) is 1.36. The molecule has 1 heterocycles. The molecule has 1 fully saturated rings. The molecule has 9 heteroatoms. The number of imide groups is 1. The number of carbonyl (C=O) groups excluding carboxylic acids is 5. The number of nitrogens with zero attached hydrogens (tertiary/aromatic N) is 1. The molecule has 9 nitrogen and oxygen atoms in total. The van der Waals surface area contributed by atoms with E-state index in [4.69, 9.17) is 14.2 Å². The molecule has 0 unspecified atom stereocenters. The number of amides is 2. The zero-order valence-electron chi connectivity index (χ0n) is 19.7. The van der Waals surface area contributed by atoms with Crippen LogP contribution < -0.4 is 4.74 Å². The van der Waals surface area contributed by atoms with Gasteiger partial charge in [-0.3, -0.25) is 19.3 Å². The van der Waals surface area contributed by atoms with E-state index in [1.165, 1.54) is 7.05 Å².